The summed E-state index contributed by atoms with van der Waals surface area (Å²) in [5.74, 6) is 0.213. The van der Waals surface area contributed by atoms with Crippen LogP contribution in [-0.2, 0) is 0 Å². The minimum Gasteiger partial charge on any atom is -0.349 e. The van der Waals surface area contributed by atoms with Gasteiger partial charge in [0.2, 0.25) is 5.56 Å². The van der Waals surface area contributed by atoms with Crippen LogP contribution in [0.4, 0.5) is 11.5 Å². The molecule has 2 aromatic rings. The van der Waals surface area contributed by atoms with Crippen LogP contribution >= 0.6 is 11.3 Å². The number of aromatic amines is 1. The Labute approximate surface area is 121 Å². The first-order valence-electron chi connectivity index (χ1n) is 6.43. The summed E-state index contributed by atoms with van der Waals surface area (Å²) in [6, 6.07) is 4.85. The monoisotopic (exact) mass is 291 g/mol. The Morgan fingerprint density at radius 3 is 2.85 bits per heavy atom. The van der Waals surface area contributed by atoms with E-state index in [1.165, 1.54) is 23.5 Å². The van der Waals surface area contributed by atoms with Crippen LogP contribution in [0.15, 0.2) is 33.8 Å². The second-order valence-corrected chi connectivity index (χ2v) is 5.31. The van der Waals surface area contributed by atoms with Gasteiger partial charge in [-0.25, -0.2) is 0 Å². The number of aromatic nitrogens is 1. The highest BCUT2D eigenvalue weighted by atomic mass is 32.1. The Kier molecular flexibility index (Phi) is 4.57. The minimum absolute atomic E-state index is 0.0865. The molecule has 6 heteroatoms. The van der Waals surface area contributed by atoms with Crippen LogP contribution in [-0.4, -0.2) is 16.9 Å². The fraction of sp³-hybridized carbons (Fsp3) is 0.286. The van der Waals surface area contributed by atoms with E-state index in [1.807, 2.05) is 30.7 Å². The molecule has 0 aromatic carbocycles. The van der Waals surface area contributed by atoms with Crippen molar-refractivity contribution in [3.63, 3.8) is 0 Å². The second-order valence-electron chi connectivity index (χ2n) is 4.53. The number of anilines is 2. The van der Waals surface area contributed by atoms with E-state index in [1.54, 1.807) is 0 Å². The molecule has 1 atom stereocenters. The first-order valence-corrected chi connectivity index (χ1v) is 7.38. The molecular formula is C14H17N3O2S. The molecule has 0 aliphatic heterocycles. The van der Waals surface area contributed by atoms with Gasteiger partial charge in [0.1, 0.15) is 5.82 Å². The predicted molar refractivity (Wildman–Crippen MR) is 81.9 cm³/mol. The van der Waals surface area contributed by atoms with Gasteiger partial charge in [-0.1, -0.05) is 6.92 Å². The third-order valence-corrected chi connectivity index (χ3v) is 3.63. The Hall–Kier alpha value is -2.08. The number of thiophene rings is 1. The molecule has 3 N–H and O–H groups in total. The normalized spacial score (nSPS) is 11.9. The van der Waals surface area contributed by atoms with Crippen molar-refractivity contribution in [3.05, 3.63) is 44.9 Å². The maximum absolute atomic E-state index is 12.2. The lowest BCUT2D eigenvalue weighted by Crippen LogP contribution is -2.33. The van der Waals surface area contributed by atoms with Gasteiger partial charge in [-0.15, -0.1) is 0 Å². The summed E-state index contributed by atoms with van der Waals surface area (Å²) in [5.41, 5.74) is 1.02. The van der Waals surface area contributed by atoms with Gasteiger partial charge in [0, 0.05) is 17.5 Å². The van der Waals surface area contributed by atoms with Crippen molar-refractivity contribution in [1.82, 2.24) is 10.3 Å². The summed E-state index contributed by atoms with van der Waals surface area (Å²) < 4.78 is 0. The maximum atomic E-state index is 12.2. The molecule has 0 radical (unpaired) electrons. The fourth-order valence-electron chi connectivity index (χ4n) is 1.65. The molecule has 106 valence electrons. The molecular weight excluding hydrogens is 274 g/mol. The number of H-pyrrole nitrogens is 1. The Bertz CT molecular complexity index is 634. The summed E-state index contributed by atoms with van der Waals surface area (Å²) in [7, 11) is 0. The molecule has 0 bridgehead atoms. The predicted octanol–water partition coefficient (Wildman–Crippen LogP) is 2.71. The summed E-state index contributed by atoms with van der Waals surface area (Å²) in [6.45, 7) is 3.94. The van der Waals surface area contributed by atoms with Gasteiger partial charge >= 0.3 is 0 Å². The van der Waals surface area contributed by atoms with Crippen molar-refractivity contribution >= 4 is 28.7 Å². The average molecular weight is 291 g/mol. The lowest BCUT2D eigenvalue weighted by molar-refractivity contribution is 0.0940. The Balaban J connectivity index is 2.28. The van der Waals surface area contributed by atoms with Crippen LogP contribution in [0.1, 0.15) is 30.6 Å². The van der Waals surface area contributed by atoms with E-state index in [9.17, 15) is 9.59 Å². The number of carbonyl (C=O) groups excluding carboxylic acids is 1. The molecule has 0 saturated heterocycles. The smallest absolute Gasteiger partial charge is 0.255 e. The topological polar surface area (TPSA) is 74.0 Å². The largest absolute Gasteiger partial charge is 0.349 e. The molecule has 20 heavy (non-hydrogen) atoms. The Morgan fingerprint density at radius 2 is 2.20 bits per heavy atom. The summed E-state index contributed by atoms with van der Waals surface area (Å²) in [4.78, 5) is 26.3. The van der Waals surface area contributed by atoms with Gasteiger partial charge in [0.05, 0.1) is 11.3 Å². The van der Waals surface area contributed by atoms with E-state index in [-0.39, 0.29) is 17.5 Å². The zero-order valence-electron chi connectivity index (χ0n) is 11.4. The highest BCUT2D eigenvalue weighted by Gasteiger charge is 2.14. The molecule has 0 fully saturated rings. The van der Waals surface area contributed by atoms with E-state index >= 15 is 0 Å². The van der Waals surface area contributed by atoms with Crippen molar-refractivity contribution in [2.24, 2.45) is 0 Å². The number of pyridine rings is 1. The van der Waals surface area contributed by atoms with Crippen molar-refractivity contribution < 1.29 is 4.79 Å². The lowest BCUT2D eigenvalue weighted by Gasteiger charge is -2.14. The van der Waals surface area contributed by atoms with Crippen LogP contribution in [0.5, 0.6) is 0 Å². The number of nitrogens with one attached hydrogen (secondary N) is 3. The van der Waals surface area contributed by atoms with E-state index in [2.05, 4.69) is 15.6 Å². The average Bonchev–Trinajstić information content (AvgIpc) is 2.91. The Morgan fingerprint density at radius 1 is 1.40 bits per heavy atom. The van der Waals surface area contributed by atoms with Gasteiger partial charge in [-0.05, 0) is 30.9 Å². The van der Waals surface area contributed by atoms with Crippen LogP contribution in [0.3, 0.4) is 0 Å². The third-order valence-electron chi connectivity index (χ3n) is 2.94. The van der Waals surface area contributed by atoms with Crippen molar-refractivity contribution in [2.75, 3.05) is 5.32 Å². The summed E-state index contributed by atoms with van der Waals surface area (Å²) >= 11 is 1.54. The molecule has 0 aliphatic rings. The molecule has 1 amide bonds. The number of rotatable bonds is 5. The number of hydrogen-bond acceptors (Lipinski definition) is 4. The molecule has 0 spiro atoms. The number of amides is 1. The highest BCUT2D eigenvalue weighted by molar-refractivity contribution is 7.08. The van der Waals surface area contributed by atoms with Gasteiger partial charge in [0.15, 0.2) is 0 Å². The standard InChI is InChI=1S/C14H17N3O2S/c1-3-9(2)15-14(19)11-4-5-12(18)17-13(11)16-10-6-7-20-8-10/h4-9H,3H2,1-2H3,(H,15,19)(H2,16,17,18). The van der Waals surface area contributed by atoms with Gasteiger partial charge in [-0.3, -0.25) is 9.59 Å². The third kappa shape index (κ3) is 3.48. The minimum atomic E-state index is -0.247. The van der Waals surface area contributed by atoms with E-state index < -0.39 is 0 Å². The van der Waals surface area contributed by atoms with Crippen LogP contribution in [0.25, 0.3) is 0 Å². The van der Waals surface area contributed by atoms with Crippen LogP contribution in [0.2, 0.25) is 0 Å². The van der Waals surface area contributed by atoms with Crippen molar-refractivity contribution in [1.29, 1.82) is 0 Å². The fourth-order valence-corrected chi connectivity index (χ4v) is 2.23. The zero-order valence-corrected chi connectivity index (χ0v) is 12.2. The summed E-state index contributed by atoms with van der Waals surface area (Å²) in [6.07, 6.45) is 0.850. The maximum Gasteiger partial charge on any atom is 0.255 e. The zero-order chi connectivity index (χ0) is 14.5. The highest BCUT2D eigenvalue weighted by Crippen LogP contribution is 2.19. The van der Waals surface area contributed by atoms with Crippen LogP contribution < -0.4 is 16.2 Å². The molecule has 0 saturated carbocycles. The molecule has 2 rings (SSSR count). The van der Waals surface area contributed by atoms with E-state index in [0.29, 0.717) is 11.4 Å². The van der Waals surface area contributed by atoms with Gasteiger partial charge in [0.25, 0.3) is 5.91 Å². The SMILES string of the molecule is CCC(C)NC(=O)c1ccc(=O)[nH]c1Nc1ccsc1. The quantitative estimate of drug-likeness (QED) is 0.793. The van der Waals surface area contributed by atoms with Crippen LogP contribution in [0, 0.1) is 0 Å². The van der Waals surface area contributed by atoms with E-state index in [0.717, 1.165) is 12.1 Å². The number of carbonyl (C=O) groups is 1. The second kappa shape index (κ2) is 6.38. The molecule has 0 aliphatic carbocycles. The first-order chi connectivity index (χ1) is 9.60. The molecule has 2 heterocycles. The number of hydrogen-bond donors (Lipinski definition) is 3. The van der Waals surface area contributed by atoms with Crippen molar-refractivity contribution in [2.45, 2.75) is 26.3 Å². The molecule has 1 unspecified atom stereocenters. The van der Waals surface area contributed by atoms with Gasteiger partial charge in [-0.2, -0.15) is 11.3 Å². The molecule has 2 aromatic heterocycles. The van der Waals surface area contributed by atoms with E-state index in [4.69, 9.17) is 0 Å². The first kappa shape index (κ1) is 14.3. The molecule has 5 nitrogen and oxygen atoms in total. The summed E-state index contributed by atoms with van der Waals surface area (Å²) in [5, 5.41) is 9.77. The van der Waals surface area contributed by atoms with Gasteiger partial charge < -0.3 is 15.6 Å². The van der Waals surface area contributed by atoms with Crippen molar-refractivity contribution in [3.8, 4) is 0 Å². The lowest BCUT2D eigenvalue weighted by atomic mass is 10.2.